The average molecular weight is 164 g/mol. The van der Waals surface area contributed by atoms with Crippen LogP contribution >= 0.6 is 0 Å². The van der Waals surface area contributed by atoms with Crippen molar-refractivity contribution in [2.45, 2.75) is 6.42 Å². The van der Waals surface area contributed by atoms with Crippen LogP contribution in [0, 0.1) is 0 Å². The molecular weight excluding hydrogens is 156 g/mol. The number of carbonyl (C=O) groups is 2. The van der Waals surface area contributed by atoms with Crippen LogP contribution in [0.3, 0.4) is 0 Å². The molecular formula is C9H8O3. The summed E-state index contributed by atoms with van der Waals surface area (Å²) < 4.78 is 0. The van der Waals surface area contributed by atoms with Gasteiger partial charge in [0.05, 0.1) is 0 Å². The van der Waals surface area contributed by atoms with Gasteiger partial charge in [-0.1, -0.05) is 18.2 Å². The SMILES string of the molecule is O=C(O)C=CC1=CC=CCC1=O. The Morgan fingerprint density at radius 2 is 2.33 bits per heavy atom. The highest BCUT2D eigenvalue weighted by Gasteiger charge is 2.06. The number of carboxylic acids is 1. The zero-order chi connectivity index (χ0) is 8.97. The molecule has 0 saturated carbocycles. The molecule has 1 N–H and O–H groups in total. The van der Waals surface area contributed by atoms with Crippen molar-refractivity contribution in [3.63, 3.8) is 0 Å². The summed E-state index contributed by atoms with van der Waals surface area (Å²) in [7, 11) is 0. The van der Waals surface area contributed by atoms with Gasteiger partial charge in [0.25, 0.3) is 0 Å². The van der Waals surface area contributed by atoms with Crippen LogP contribution in [0.4, 0.5) is 0 Å². The number of carboxylic acid groups (broad SMARTS) is 1. The molecule has 0 atom stereocenters. The number of carbonyl (C=O) groups excluding carboxylic acids is 1. The number of aliphatic carboxylic acids is 1. The summed E-state index contributed by atoms with van der Waals surface area (Å²) in [6, 6.07) is 0. The number of hydrogen-bond acceptors (Lipinski definition) is 2. The molecule has 1 aliphatic carbocycles. The summed E-state index contributed by atoms with van der Waals surface area (Å²) in [6.07, 6.45) is 7.71. The van der Waals surface area contributed by atoms with E-state index < -0.39 is 5.97 Å². The van der Waals surface area contributed by atoms with Crippen molar-refractivity contribution in [3.8, 4) is 0 Å². The molecule has 0 heterocycles. The van der Waals surface area contributed by atoms with E-state index in [-0.39, 0.29) is 5.78 Å². The molecule has 0 unspecified atom stereocenters. The third kappa shape index (κ3) is 2.20. The third-order valence-electron chi connectivity index (χ3n) is 1.44. The Kier molecular flexibility index (Phi) is 2.58. The fourth-order valence-corrected chi connectivity index (χ4v) is 0.867. The molecule has 0 saturated heterocycles. The highest BCUT2D eigenvalue weighted by atomic mass is 16.4. The number of allylic oxidation sites excluding steroid dienone is 5. The summed E-state index contributed by atoms with van der Waals surface area (Å²) in [5.74, 6) is -1.09. The molecule has 0 radical (unpaired) electrons. The molecule has 0 aromatic carbocycles. The summed E-state index contributed by atoms with van der Waals surface area (Å²) >= 11 is 0. The highest BCUT2D eigenvalue weighted by molar-refractivity contribution is 6.01. The van der Waals surface area contributed by atoms with Gasteiger partial charge in [-0.05, 0) is 6.08 Å². The summed E-state index contributed by atoms with van der Waals surface area (Å²) in [5.41, 5.74) is 0.444. The number of hydrogen-bond donors (Lipinski definition) is 1. The van der Waals surface area contributed by atoms with E-state index in [2.05, 4.69) is 0 Å². The molecule has 1 aliphatic rings. The molecule has 0 bridgehead atoms. The van der Waals surface area contributed by atoms with Crippen LogP contribution in [0.25, 0.3) is 0 Å². The van der Waals surface area contributed by atoms with E-state index in [1.807, 2.05) is 0 Å². The van der Waals surface area contributed by atoms with Gasteiger partial charge < -0.3 is 5.11 Å². The van der Waals surface area contributed by atoms with Gasteiger partial charge in [0.2, 0.25) is 0 Å². The van der Waals surface area contributed by atoms with E-state index in [1.54, 1.807) is 18.2 Å². The monoisotopic (exact) mass is 164 g/mol. The minimum absolute atomic E-state index is 0.0463. The Hall–Kier alpha value is -1.64. The standard InChI is InChI=1S/C9H8O3/c10-8-4-2-1-3-7(8)5-6-9(11)12/h1-3,5-6H,4H2,(H,11,12). The molecule has 0 fully saturated rings. The Bertz CT molecular complexity index is 295. The predicted octanol–water partition coefficient (Wildman–Crippen LogP) is 1.08. The first-order chi connectivity index (χ1) is 5.70. The summed E-state index contributed by atoms with van der Waals surface area (Å²) in [6.45, 7) is 0. The molecule has 3 nitrogen and oxygen atoms in total. The van der Waals surface area contributed by atoms with E-state index in [0.29, 0.717) is 12.0 Å². The second-order valence-electron chi connectivity index (χ2n) is 2.35. The lowest BCUT2D eigenvalue weighted by molar-refractivity contribution is -0.131. The minimum Gasteiger partial charge on any atom is -0.478 e. The average Bonchev–Trinajstić information content (AvgIpc) is 2.03. The maximum atomic E-state index is 11.0. The van der Waals surface area contributed by atoms with Crippen LogP contribution in [-0.4, -0.2) is 16.9 Å². The Morgan fingerprint density at radius 3 is 2.92 bits per heavy atom. The lowest BCUT2D eigenvalue weighted by atomic mass is 10.0. The van der Waals surface area contributed by atoms with Crippen molar-refractivity contribution in [1.29, 1.82) is 0 Å². The van der Waals surface area contributed by atoms with Crippen LogP contribution in [0.5, 0.6) is 0 Å². The molecule has 0 aromatic rings. The Morgan fingerprint density at radius 1 is 1.58 bits per heavy atom. The lowest BCUT2D eigenvalue weighted by Crippen LogP contribution is -2.01. The second kappa shape index (κ2) is 3.67. The molecule has 12 heavy (non-hydrogen) atoms. The van der Waals surface area contributed by atoms with Crippen molar-refractivity contribution in [2.75, 3.05) is 0 Å². The van der Waals surface area contributed by atoms with Gasteiger partial charge in [-0.3, -0.25) is 4.79 Å². The van der Waals surface area contributed by atoms with E-state index in [4.69, 9.17) is 5.11 Å². The topological polar surface area (TPSA) is 54.4 Å². The minimum atomic E-state index is -1.04. The highest BCUT2D eigenvalue weighted by Crippen LogP contribution is 2.08. The van der Waals surface area contributed by atoms with Gasteiger partial charge >= 0.3 is 5.97 Å². The predicted molar refractivity (Wildman–Crippen MR) is 43.6 cm³/mol. The summed E-state index contributed by atoms with van der Waals surface area (Å²) in [4.78, 5) is 21.1. The quantitative estimate of drug-likeness (QED) is 0.621. The maximum Gasteiger partial charge on any atom is 0.328 e. The third-order valence-corrected chi connectivity index (χ3v) is 1.44. The van der Waals surface area contributed by atoms with Crippen LogP contribution in [0.15, 0.2) is 36.0 Å². The van der Waals surface area contributed by atoms with E-state index in [0.717, 1.165) is 6.08 Å². The van der Waals surface area contributed by atoms with Crippen molar-refractivity contribution in [1.82, 2.24) is 0 Å². The molecule has 3 heteroatoms. The van der Waals surface area contributed by atoms with Crippen molar-refractivity contribution in [2.24, 2.45) is 0 Å². The molecule has 62 valence electrons. The molecule has 0 aliphatic heterocycles. The van der Waals surface area contributed by atoms with Crippen molar-refractivity contribution >= 4 is 11.8 Å². The van der Waals surface area contributed by atoms with Crippen molar-refractivity contribution in [3.05, 3.63) is 36.0 Å². The van der Waals surface area contributed by atoms with Crippen LogP contribution in [0.2, 0.25) is 0 Å². The Balaban J connectivity index is 2.74. The second-order valence-corrected chi connectivity index (χ2v) is 2.35. The van der Waals surface area contributed by atoms with Crippen LogP contribution < -0.4 is 0 Å². The largest absolute Gasteiger partial charge is 0.478 e. The fraction of sp³-hybridized carbons (Fsp3) is 0.111. The van der Waals surface area contributed by atoms with Gasteiger partial charge in [-0.2, -0.15) is 0 Å². The van der Waals surface area contributed by atoms with E-state index in [1.165, 1.54) is 6.08 Å². The molecule has 0 aromatic heterocycles. The van der Waals surface area contributed by atoms with Gasteiger partial charge in [0.1, 0.15) is 0 Å². The molecule has 1 rings (SSSR count). The van der Waals surface area contributed by atoms with Gasteiger partial charge in [0, 0.05) is 18.1 Å². The van der Waals surface area contributed by atoms with Gasteiger partial charge in [-0.15, -0.1) is 0 Å². The summed E-state index contributed by atoms with van der Waals surface area (Å²) in [5, 5.41) is 8.29. The molecule has 0 spiro atoms. The number of ketones is 1. The smallest absolute Gasteiger partial charge is 0.328 e. The zero-order valence-corrected chi connectivity index (χ0v) is 6.36. The fourth-order valence-electron chi connectivity index (χ4n) is 0.867. The number of rotatable bonds is 2. The van der Waals surface area contributed by atoms with E-state index in [9.17, 15) is 9.59 Å². The molecule has 0 amide bonds. The van der Waals surface area contributed by atoms with Crippen LogP contribution in [0.1, 0.15) is 6.42 Å². The van der Waals surface area contributed by atoms with Gasteiger partial charge in [-0.25, -0.2) is 4.79 Å². The van der Waals surface area contributed by atoms with E-state index >= 15 is 0 Å². The number of Topliss-reactive ketones (excluding diaryl/α,β-unsaturated/α-hetero) is 1. The first-order valence-electron chi connectivity index (χ1n) is 3.51. The Labute approximate surface area is 69.7 Å². The van der Waals surface area contributed by atoms with Crippen LogP contribution in [-0.2, 0) is 9.59 Å². The first-order valence-corrected chi connectivity index (χ1v) is 3.51. The van der Waals surface area contributed by atoms with Gasteiger partial charge in [0.15, 0.2) is 5.78 Å². The maximum absolute atomic E-state index is 11.0. The zero-order valence-electron chi connectivity index (χ0n) is 6.36. The lowest BCUT2D eigenvalue weighted by Gasteiger charge is -2.00. The normalized spacial score (nSPS) is 16.7. The first kappa shape index (κ1) is 8.46. The van der Waals surface area contributed by atoms with Crippen molar-refractivity contribution < 1.29 is 14.7 Å².